The Morgan fingerprint density at radius 1 is 1.50 bits per heavy atom. The van der Waals surface area contributed by atoms with Crippen molar-refractivity contribution in [3.8, 4) is 6.07 Å². The molecule has 1 aliphatic carbocycles. The van der Waals surface area contributed by atoms with E-state index in [1.165, 1.54) is 0 Å². The Morgan fingerprint density at radius 3 is 2.90 bits per heavy atom. The molecule has 4 nitrogen and oxygen atoms in total. The fourth-order valence-corrected chi connectivity index (χ4v) is 3.06. The predicted octanol–water partition coefficient (Wildman–Crippen LogP) is 3.58. The van der Waals surface area contributed by atoms with Crippen LogP contribution >= 0.6 is 23.2 Å². The molecule has 0 radical (unpaired) electrons. The van der Waals surface area contributed by atoms with Crippen LogP contribution in [-0.4, -0.2) is 22.7 Å². The van der Waals surface area contributed by atoms with Gasteiger partial charge in [-0.3, -0.25) is 4.79 Å². The second-order valence-corrected chi connectivity index (χ2v) is 5.70. The van der Waals surface area contributed by atoms with Gasteiger partial charge in [0.1, 0.15) is 11.6 Å². The second kappa shape index (κ2) is 7.01. The zero-order valence-corrected chi connectivity index (χ0v) is 12.5. The molecule has 1 saturated carbocycles. The molecule has 0 unspecified atom stereocenters. The maximum Gasteiger partial charge on any atom is 0.238 e. The molecule has 108 valence electrons. The van der Waals surface area contributed by atoms with Crippen LogP contribution in [0.4, 0.5) is 0 Å². The van der Waals surface area contributed by atoms with Crippen LogP contribution in [0.2, 0.25) is 5.22 Å². The summed E-state index contributed by atoms with van der Waals surface area (Å²) in [5.74, 6) is 0.864. The summed E-state index contributed by atoms with van der Waals surface area (Å²) in [4.78, 5) is 13.8. The molecule has 0 N–H and O–H groups in total. The van der Waals surface area contributed by atoms with Crippen molar-refractivity contribution in [3.63, 3.8) is 0 Å². The number of hydrogen-bond acceptors (Lipinski definition) is 3. The summed E-state index contributed by atoms with van der Waals surface area (Å²) >= 11 is 11.4. The third kappa shape index (κ3) is 3.68. The number of nitriles is 1. The van der Waals surface area contributed by atoms with Crippen LogP contribution in [0.15, 0.2) is 16.5 Å². The molecule has 1 aromatic rings. The van der Waals surface area contributed by atoms with E-state index in [1.807, 2.05) is 0 Å². The molecule has 20 heavy (non-hydrogen) atoms. The topological polar surface area (TPSA) is 57.2 Å². The Morgan fingerprint density at radius 2 is 2.30 bits per heavy atom. The smallest absolute Gasteiger partial charge is 0.238 e. The highest BCUT2D eigenvalue weighted by Gasteiger charge is 2.32. The molecule has 2 atom stereocenters. The number of alkyl halides is 1. The Hall–Kier alpha value is -1.18. The molecule has 2 rings (SSSR count). The van der Waals surface area contributed by atoms with E-state index in [1.54, 1.807) is 17.0 Å². The first-order chi connectivity index (χ1) is 9.63. The van der Waals surface area contributed by atoms with E-state index in [4.69, 9.17) is 32.9 Å². The Balaban J connectivity index is 2.05. The van der Waals surface area contributed by atoms with Gasteiger partial charge in [0.2, 0.25) is 5.91 Å². The van der Waals surface area contributed by atoms with Crippen molar-refractivity contribution in [2.75, 3.05) is 5.88 Å². The quantitative estimate of drug-likeness (QED) is 0.780. The average molecular weight is 315 g/mol. The first-order valence-electron chi connectivity index (χ1n) is 6.60. The molecule has 1 aromatic heterocycles. The van der Waals surface area contributed by atoms with Gasteiger partial charge >= 0.3 is 0 Å². The molecule has 0 saturated heterocycles. The lowest BCUT2D eigenvalue weighted by atomic mass is 10.0. The van der Waals surface area contributed by atoms with Crippen molar-refractivity contribution in [1.82, 2.24) is 4.90 Å². The maximum atomic E-state index is 12.0. The first-order valence-corrected chi connectivity index (χ1v) is 7.52. The molecule has 6 heteroatoms. The fourth-order valence-electron chi connectivity index (χ4n) is 2.75. The van der Waals surface area contributed by atoms with E-state index >= 15 is 0 Å². The van der Waals surface area contributed by atoms with Crippen LogP contribution in [-0.2, 0) is 11.3 Å². The molecule has 0 aliphatic heterocycles. The number of nitrogens with zero attached hydrogens (tertiary/aromatic N) is 2. The number of hydrogen-bond donors (Lipinski definition) is 0. The van der Waals surface area contributed by atoms with E-state index < -0.39 is 0 Å². The highest BCUT2D eigenvalue weighted by Crippen LogP contribution is 2.32. The number of halogens is 2. The largest absolute Gasteiger partial charge is 0.448 e. The van der Waals surface area contributed by atoms with Crippen molar-refractivity contribution in [2.45, 2.75) is 38.3 Å². The lowest BCUT2D eigenvalue weighted by Crippen LogP contribution is -2.39. The Labute approximate surface area is 128 Å². The molecular weight excluding hydrogens is 299 g/mol. The van der Waals surface area contributed by atoms with Gasteiger partial charge in [0, 0.05) is 12.5 Å². The predicted molar refractivity (Wildman–Crippen MR) is 76.3 cm³/mol. The Kier molecular flexibility index (Phi) is 5.33. The molecule has 0 aromatic carbocycles. The normalized spacial score (nSPS) is 21.6. The van der Waals surface area contributed by atoms with Gasteiger partial charge in [-0.1, -0.05) is 0 Å². The van der Waals surface area contributed by atoms with Crippen LogP contribution in [0.25, 0.3) is 0 Å². The van der Waals surface area contributed by atoms with Gasteiger partial charge in [-0.2, -0.15) is 5.26 Å². The standard InChI is InChI=1S/C14H16Cl2N2O2/c15-8-14(19)18(9-12-3-4-13(16)20-12)11-2-1-10(7-11)5-6-17/h3-4,10-11H,1-2,5,7-9H2/t10-,11-/m1/s1. The monoisotopic (exact) mass is 314 g/mol. The average Bonchev–Trinajstić information content (AvgIpc) is 3.05. The molecular formula is C14H16Cl2N2O2. The van der Waals surface area contributed by atoms with E-state index in [0.717, 1.165) is 19.3 Å². The zero-order valence-electron chi connectivity index (χ0n) is 11.0. The molecule has 1 heterocycles. The summed E-state index contributed by atoms with van der Waals surface area (Å²) in [5, 5.41) is 9.08. The van der Waals surface area contributed by atoms with Gasteiger partial charge in [-0.05, 0) is 48.9 Å². The maximum absolute atomic E-state index is 12.0. The lowest BCUT2D eigenvalue weighted by Gasteiger charge is -2.27. The molecule has 1 fully saturated rings. The summed E-state index contributed by atoms with van der Waals surface area (Å²) < 4.78 is 5.32. The number of rotatable bonds is 5. The van der Waals surface area contributed by atoms with Crippen LogP contribution in [0.5, 0.6) is 0 Å². The van der Waals surface area contributed by atoms with E-state index in [0.29, 0.717) is 29.9 Å². The van der Waals surface area contributed by atoms with Gasteiger partial charge in [0.05, 0.1) is 12.6 Å². The minimum absolute atomic E-state index is 0.0478. The van der Waals surface area contributed by atoms with Crippen molar-refractivity contribution in [1.29, 1.82) is 5.26 Å². The second-order valence-electron chi connectivity index (χ2n) is 5.06. The first kappa shape index (κ1) is 15.2. The number of carbonyl (C=O) groups excluding carboxylic acids is 1. The fraction of sp³-hybridized carbons (Fsp3) is 0.571. The van der Waals surface area contributed by atoms with Crippen molar-refractivity contribution in [2.24, 2.45) is 5.92 Å². The van der Waals surface area contributed by atoms with Crippen LogP contribution in [0.3, 0.4) is 0 Å². The minimum atomic E-state index is -0.109. The van der Waals surface area contributed by atoms with Crippen LogP contribution < -0.4 is 0 Å². The minimum Gasteiger partial charge on any atom is -0.448 e. The van der Waals surface area contributed by atoms with Crippen LogP contribution in [0, 0.1) is 17.2 Å². The van der Waals surface area contributed by atoms with Gasteiger partial charge in [0.15, 0.2) is 5.22 Å². The summed E-state index contributed by atoms with van der Waals surface area (Å²) in [5.41, 5.74) is 0. The van der Waals surface area contributed by atoms with Gasteiger partial charge in [-0.25, -0.2) is 0 Å². The summed E-state index contributed by atoms with van der Waals surface area (Å²) in [6.07, 6.45) is 3.28. The highest BCUT2D eigenvalue weighted by atomic mass is 35.5. The summed E-state index contributed by atoms with van der Waals surface area (Å²) in [6.45, 7) is 0.377. The van der Waals surface area contributed by atoms with Gasteiger partial charge in [0.25, 0.3) is 0 Å². The SMILES string of the molecule is N#CC[C@H]1CC[C@@H](N(Cc2ccc(Cl)o2)C(=O)CCl)C1. The van der Waals surface area contributed by atoms with E-state index in [9.17, 15) is 4.79 Å². The zero-order chi connectivity index (χ0) is 14.5. The molecule has 1 amide bonds. The third-order valence-corrected chi connectivity index (χ3v) is 4.16. The third-order valence-electron chi connectivity index (χ3n) is 3.72. The molecule has 0 bridgehead atoms. The summed E-state index contributed by atoms with van der Waals surface area (Å²) in [7, 11) is 0. The van der Waals surface area contributed by atoms with Gasteiger partial charge < -0.3 is 9.32 Å². The van der Waals surface area contributed by atoms with Crippen molar-refractivity contribution in [3.05, 3.63) is 23.1 Å². The van der Waals surface area contributed by atoms with E-state index in [-0.39, 0.29) is 17.8 Å². The number of furan rings is 1. The van der Waals surface area contributed by atoms with Crippen molar-refractivity contribution < 1.29 is 9.21 Å². The van der Waals surface area contributed by atoms with Crippen molar-refractivity contribution >= 4 is 29.1 Å². The lowest BCUT2D eigenvalue weighted by molar-refractivity contribution is -0.131. The number of amides is 1. The molecule has 0 spiro atoms. The highest BCUT2D eigenvalue weighted by molar-refractivity contribution is 6.28. The van der Waals surface area contributed by atoms with E-state index in [2.05, 4.69) is 6.07 Å². The molecule has 1 aliphatic rings. The van der Waals surface area contributed by atoms with Crippen LogP contribution in [0.1, 0.15) is 31.4 Å². The Bertz CT molecular complexity index is 510. The summed E-state index contributed by atoms with van der Waals surface area (Å²) in [6, 6.07) is 5.75. The number of carbonyl (C=O) groups is 1. The van der Waals surface area contributed by atoms with Gasteiger partial charge in [-0.15, -0.1) is 11.6 Å².